The first-order valence-corrected chi connectivity index (χ1v) is 44.0. The Bertz CT molecular complexity index is 5310. The monoisotopic (exact) mass is 1840 g/mol. The number of anilines is 1. The minimum absolute atomic E-state index is 0.0202. The molecule has 39 nitrogen and oxygen atoms in total. The molecule has 704 valence electrons. The molecule has 11 amide bonds. The van der Waals surface area contributed by atoms with E-state index in [9.17, 15) is 65.1 Å². The number of fused-ring (bicyclic) bond motifs is 15. The molecule has 18 atom stereocenters. The molecule has 6 aromatic carbocycles. The highest BCUT2D eigenvalue weighted by Gasteiger charge is 2.54. The topological polar surface area (TPSA) is 588 Å². The van der Waals surface area contributed by atoms with Gasteiger partial charge in [-0.1, -0.05) is 43.6 Å². The van der Waals surface area contributed by atoms with Gasteiger partial charge in [-0.25, -0.2) is 4.79 Å². The number of carbonyl (C=O) groups is 10. The molecule has 0 radical (unpaired) electrons. The van der Waals surface area contributed by atoms with Crippen molar-refractivity contribution in [3.05, 3.63) is 141 Å². The van der Waals surface area contributed by atoms with E-state index in [0.717, 1.165) is 74.6 Å². The molecule has 2 saturated heterocycles. The Morgan fingerprint density at radius 1 is 0.695 bits per heavy atom. The molecular formula is C91H112ClN13O26. The number of carbonyl (C=O) groups excluding carboxylic acids is 10. The van der Waals surface area contributed by atoms with E-state index in [1.807, 2.05) is 13.8 Å². The van der Waals surface area contributed by atoms with Crippen LogP contribution < -0.4 is 88.5 Å². The van der Waals surface area contributed by atoms with E-state index in [1.54, 1.807) is 0 Å². The molecule has 131 heavy (non-hydrogen) atoms. The SMILES string of the molecule is CN[C@H](CC(C)C)C(=O)N[C@H]1C(=O)N[C@@H](CC(=O)NC(=O)Nc2ccc(OC)cc2)C(=O)N[C@H]2C(=O)N[C@H]3C(=O)N[C@H](C(=O)N[C@H](C(=O)NC4C5CC6CC(C5)CC4C6)c4cc(O)c(CNCCCNC(C)=O)c(O)c4-c4cc3ccc4O)[C@H](O)c3ccc(c(Cl)c3)Oc3cc2cc(c3O[C@@H]2O[C@H](CO)[C@@H](O)[C@H](O)[C@H]2O[C@H]2C[C@](C)(N)[C@H](O)[C@H](C)O2)Oc2ccc(cc2C)[C@H]1O. The fourth-order valence-electron chi connectivity index (χ4n) is 19.0. The smallest absolute Gasteiger partial charge is 0.325 e. The number of aryl methyl sites for hydroxylation is 1. The lowest BCUT2D eigenvalue weighted by Gasteiger charge is -2.54. The van der Waals surface area contributed by atoms with Crippen LogP contribution in [0.25, 0.3) is 11.1 Å². The number of methoxy groups -OCH3 is 1. The molecule has 4 aliphatic carbocycles. The molecule has 0 unspecified atom stereocenters. The second kappa shape index (κ2) is 40.3. The number of amides is 11. The van der Waals surface area contributed by atoms with Crippen LogP contribution in [0.3, 0.4) is 0 Å². The van der Waals surface area contributed by atoms with Crippen molar-refractivity contribution in [2.75, 3.05) is 39.2 Å². The Kier molecular flexibility index (Phi) is 29.3. The summed E-state index contributed by atoms with van der Waals surface area (Å²) in [4.78, 5) is 152. The Morgan fingerprint density at radius 2 is 1.34 bits per heavy atom. The van der Waals surface area contributed by atoms with E-state index in [4.69, 9.17) is 50.5 Å². The number of aliphatic hydroxyl groups is 6. The summed E-state index contributed by atoms with van der Waals surface area (Å²) in [6.07, 6.45) is -14.2. The highest BCUT2D eigenvalue weighted by molar-refractivity contribution is 6.32. The number of phenols is 3. The van der Waals surface area contributed by atoms with E-state index in [-0.39, 0.29) is 112 Å². The maximum atomic E-state index is 16.8. The quantitative estimate of drug-likeness (QED) is 0.0434. The molecule has 15 bridgehead atoms. The standard InChI is InChI=1S/C91H112ClN13O26/c1-38(2)22-56(94-7)82(117)104-72-74(111)45-11-18-60(39(3)23-45)127-62-31-49-32-63(79(62)131-89-80(78(115)77(114)64(37-106)129-89)130-66-35-91(6,93)81(116)40(4)126-66)128-61-19-12-46(30-55(61)92)75(112)73-88(123)103-71(86(121)100-68-47-25-42-24-43(27-47)28-48(68)26-42)53-33-59(109)54(36-95-20-9-21-96-41(5)107)76(113)67(53)52-29-44(10-17-58(52)108)69(84(119)105-73)102-85(120)70(49)101-83(118)57(98-87(72)122)34-65(110)99-90(124)97-50-13-15-51(125-8)16-14-50/h10-19,23,29-33,38,40,42-43,47-48,56-57,64,66,68-75,77-78,80-81,89,94-95,106,108-109,111-116H,9,20-22,24-28,34-37,93H2,1-8H3,(H,96,107)(H,98,122)(H,100,121)(H,101,118)(H,102,120)(H,103,123)(H,104,117)(H,105,119)(H2,97,99,110,124)/t40-,42?,43?,47?,48?,56+,57-,64+,66-,68?,69+,70+,71-,72+,73-,74+,75+,77+,78-,80+,81+,89-,91-/m0/s1. The third-order valence-electron chi connectivity index (χ3n) is 25.6. The second-order valence-corrected chi connectivity index (χ2v) is 36.1. The number of nitrogens with one attached hydrogen (secondary N) is 12. The van der Waals surface area contributed by atoms with Gasteiger partial charge < -0.3 is 143 Å². The fourth-order valence-corrected chi connectivity index (χ4v) is 19.3. The summed E-state index contributed by atoms with van der Waals surface area (Å²) in [5.74, 6) is -13.4. The molecule has 6 aromatic rings. The van der Waals surface area contributed by atoms with Crippen LogP contribution in [0, 0.1) is 36.5 Å². The van der Waals surface area contributed by atoms with Crippen molar-refractivity contribution in [2.24, 2.45) is 35.3 Å². The molecule has 40 heteroatoms. The number of urea groups is 1. The van der Waals surface area contributed by atoms with Gasteiger partial charge in [0.2, 0.25) is 65.2 Å². The number of aromatic hydroxyl groups is 3. The zero-order valence-electron chi connectivity index (χ0n) is 73.1. The molecule has 7 heterocycles. The van der Waals surface area contributed by atoms with Crippen LogP contribution >= 0.6 is 11.6 Å². The number of rotatable bonds is 22. The zero-order valence-corrected chi connectivity index (χ0v) is 73.9. The van der Waals surface area contributed by atoms with Gasteiger partial charge >= 0.3 is 6.03 Å². The number of benzene rings is 6. The Morgan fingerprint density at radius 3 is 1.98 bits per heavy atom. The third kappa shape index (κ3) is 21.2. The summed E-state index contributed by atoms with van der Waals surface area (Å²) >= 11 is 7.35. The van der Waals surface area contributed by atoms with Crippen LogP contribution in [0.1, 0.15) is 162 Å². The lowest BCUT2D eigenvalue weighted by Crippen LogP contribution is -2.64. The number of imide groups is 1. The first kappa shape index (κ1) is 95.5. The highest BCUT2D eigenvalue weighted by Crippen LogP contribution is 2.55. The van der Waals surface area contributed by atoms with E-state index in [0.29, 0.717) is 24.0 Å². The molecule has 11 aliphatic rings. The molecule has 0 spiro atoms. The average molecular weight is 1840 g/mol. The van der Waals surface area contributed by atoms with Crippen molar-refractivity contribution in [1.82, 2.24) is 58.5 Å². The molecule has 17 rings (SSSR count). The van der Waals surface area contributed by atoms with Gasteiger partial charge in [0.05, 0.1) is 49.0 Å². The van der Waals surface area contributed by atoms with Gasteiger partial charge in [0.1, 0.15) is 101 Å². The first-order valence-electron chi connectivity index (χ1n) is 43.6. The summed E-state index contributed by atoms with van der Waals surface area (Å²) in [6, 6.07) is 4.11. The van der Waals surface area contributed by atoms with Crippen molar-refractivity contribution in [1.29, 1.82) is 0 Å². The first-order chi connectivity index (χ1) is 62.3. The van der Waals surface area contributed by atoms with Crippen LogP contribution in [0.15, 0.2) is 97.1 Å². The van der Waals surface area contributed by atoms with E-state index < -0.39 is 232 Å². The van der Waals surface area contributed by atoms with Crippen molar-refractivity contribution in [3.8, 4) is 62.9 Å². The number of hydrogen-bond donors (Lipinski definition) is 22. The minimum atomic E-state index is -2.42. The van der Waals surface area contributed by atoms with Gasteiger partial charge in [-0.3, -0.25) is 48.5 Å². The van der Waals surface area contributed by atoms with Gasteiger partial charge in [0, 0.05) is 54.8 Å². The molecule has 23 N–H and O–H groups in total. The van der Waals surface area contributed by atoms with Crippen molar-refractivity contribution in [3.63, 3.8) is 0 Å². The Labute approximate surface area is 758 Å². The number of ether oxygens (including phenoxy) is 7. The summed E-state index contributed by atoms with van der Waals surface area (Å²) in [5, 5.41) is 141. The molecule has 6 fully saturated rings. The minimum Gasteiger partial charge on any atom is -0.507 e. The van der Waals surface area contributed by atoms with Gasteiger partial charge in [0.25, 0.3) is 0 Å². The summed E-state index contributed by atoms with van der Waals surface area (Å²) in [5.41, 5.74) is 3.03. The fraction of sp³-hybridized carbons (Fsp3) is 0.495. The summed E-state index contributed by atoms with van der Waals surface area (Å²) in [6.45, 7) is 8.66. The summed E-state index contributed by atoms with van der Waals surface area (Å²) in [7, 11) is 2.90. The third-order valence-corrected chi connectivity index (χ3v) is 25.9. The number of aliphatic hydroxyl groups excluding tert-OH is 6. The van der Waals surface area contributed by atoms with Crippen LogP contribution in [0.2, 0.25) is 5.02 Å². The second-order valence-electron chi connectivity index (χ2n) is 35.7. The maximum Gasteiger partial charge on any atom is 0.325 e. The van der Waals surface area contributed by atoms with E-state index >= 15 is 28.8 Å². The summed E-state index contributed by atoms with van der Waals surface area (Å²) < 4.78 is 44.7. The largest absolute Gasteiger partial charge is 0.507 e. The lowest BCUT2D eigenvalue weighted by atomic mass is 9.54. The van der Waals surface area contributed by atoms with E-state index in [1.165, 1.54) is 96.4 Å². The van der Waals surface area contributed by atoms with Gasteiger partial charge in [-0.15, -0.1) is 0 Å². The average Bonchev–Trinajstić information content (AvgIpc) is 0.748. The zero-order chi connectivity index (χ0) is 94.0. The van der Waals surface area contributed by atoms with Gasteiger partial charge in [0.15, 0.2) is 23.9 Å². The number of hydrogen-bond acceptors (Lipinski definition) is 29. The van der Waals surface area contributed by atoms with Crippen molar-refractivity contribution in [2.45, 2.75) is 221 Å². The molecular weight excluding hydrogens is 1730 g/mol. The van der Waals surface area contributed by atoms with E-state index in [2.05, 4.69) is 63.8 Å². The number of halogens is 1. The Balaban J connectivity index is 0.976. The van der Waals surface area contributed by atoms with Gasteiger partial charge in [-0.2, -0.15) is 0 Å². The Hall–Kier alpha value is -11.6. The predicted molar refractivity (Wildman–Crippen MR) is 466 cm³/mol. The highest BCUT2D eigenvalue weighted by atomic mass is 35.5. The number of likely N-dealkylation sites (N-methyl/N-ethyl adjacent to an activating group) is 1. The maximum absolute atomic E-state index is 16.8. The lowest BCUT2D eigenvalue weighted by molar-refractivity contribution is -0.333. The van der Waals surface area contributed by atoms with Crippen molar-refractivity contribution >= 4 is 76.5 Å². The number of phenolic OH excluding ortho intramolecular Hbond substituents is 3. The van der Waals surface area contributed by atoms with Crippen LogP contribution in [0.4, 0.5) is 10.5 Å². The molecule has 0 aromatic heterocycles. The van der Waals surface area contributed by atoms with Gasteiger partial charge in [-0.05, 0) is 221 Å². The number of nitrogens with two attached hydrogens (primary N) is 1. The normalized spacial score (nSPS) is 29.4. The molecule has 7 aliphatic heterocycles. The molecule has 4 saturated carbocycles. The predicted octanol–water partition coefficient (Wildman–Crippen LogP) is 3.10. The van der Waals surface area contributed by atoms with Crippen molar-refractivity contribution < 1.29 is 127 Å². The van der Waals surface area contributed by atoms with Crippen LogP contribution in [-0.4, -0.2) is 224 Å². The van der Waals surface area contributed by atoms with Crippen LogP contribution in [0.5, 0.6) is 51.7 Å². The van der Waals surface area contributed by atoms with Crippen LogP contribution in [-0.2, 0) is 63.9 Å².